The van der Waals surface area contributed by atoms with Crippen molar-refractivity contribution in [1.29, 1.82) is 0 Å². The van der Waals surface area contributed by atoms with Crippen LogP contribution in [0.15, 0.2) is 66.7 Å². The van der Waals surface area contributed by atoms with E-state index in [2.05, 4.69) is 5.32 Å². The zero-order valence-corrected chi connectivity index (χ0v) is 16.6. The molecule has 1 N–H and O–H groups in total. The molecule has 0 aliphatic rings. The third kappa shape index (κ3) is 4.77. The largest absolute Gasteiger partial charge is 0.419 e. The van der Waals surface area contributed by atoms with Crippen LogP contribution in [0.3, 0.4) is 0 Å². The average molecular weight is 459 g/mol. The van der Waals surface area contributed by atoms with Gasteiger partial charge in [-0.05, 0) is 60.5 Å². The molecular formula is C23H17F8N. The third-order valence-electron chi connectivity index (χ3n) is 5.22. The lowest BCUT2D eigenvalue weighted by atomic mass is 9.77. The molecule has 1 atom stereocenters. The number of rotatable bonds is 5. The molecule has 0 aromatic heterocycles. The molecule has 1 nitrogen and oxygen atoms in total. The zero-order valence-electron chi connectivity index (χ0n) is 16.6. The molecule has 0 bridgehead atoms. The molecule has 0 spiro atoms. The van der Waals surface area contributed by atoms with E-state index in [1.54, 1.807) is 30.3 Å². The van der Waals surface area contributed by atoms with Crippen molar-refractivity contribution in [2.75, 3.05) is 7.05 Å². The molecular weight excluding hydrogens is 442 g/mol. The monoisotopic (exact) mass is 459 g/mol. The van der Waals surface area contributed by atoms with Gasteiger partial charge in [-0.2, -0.15) is 26.3 Å². The summed E-state index contributed by atoms with van der Waals surface area (Å²) in [6, 6.07) is 12.2. The molecule has 3 aromatic rings. The van der Waals surface area contributed by atoms with Crippen LogP contribution in [0.5, 0.6) is 0 Å². The van der Waals surface area contributed by atoms with Crippen LogP contribution in [0.4, 0.5) is 35.1 Å². The normalized spacial score (nSPS) is 14.3. The Hall–Kier alpha value is -2.94. The fraction of sp³-hybridized carbons (Fsp3) is 0.217. The summed E-state index contributed by atoms with van der Waals surface area (Å²) in [5, 5.41) is 2.78. The van der Waals surface area contributed by atoms with Gasteiger partial charge in [0, 0.05) is 0 Å². The third-order valence-corrected chi connectivity index (χ3v) is 5.22. The first kappa shape index (κ1) is 23.7. The number of benzene rings is 3. The van der Waals surface area contributed by atoms with Crippen LogP contribution in [0.2, 0.25) is 0 Å². The predicted octanol–water partition coefficient (Wildman–Crippen LogP) is 6.71. The van der Waals surface area contributed by atoms with Crippen LogP contribution in [0.1, 0.15) is 27.8 Å². The Labute approximate surface area is 178 Å². The topological polar surface area (TPSA) is 12.0 Å². The summed E-state index contributed by atoms with van der Waals surface area (Å²) < 4.78 is 108. The van der Waals surface area contributed by atoms with Crippen LogP contribution in [-0.2, 0) is 24.3 Å². The molecule has 9 heteroatoms. The smallest absolute Gasteiger partial charge is 0.307 e. The molecule has 170 valence electrons. The van der Waals surface area contributed by atoms with E-state index in [0.717, 1.165) is 12.1 Å². The van der Waals surface area contributed by atoms with E-state index in [-0.39, 0.29) is 17.5 Å². The van der Waals surface area contributed by atoms with Crippen LogP contribution >= 0.6 is 0 Å². The highest BCUT2D eigenvalue weighted by Crippen LogP contribution is 2.40. The van der Waals surface area contributed by atoms with Crippen LogP contribution in [-0.4, -0.2) is 7.05 Å². The lowest BCUT2D eigenvalue weighted by Gasteiger charge is -2.36. The number of halogens is 8. The number of nitrogens with one attached hydrogen (secondary N) is 1. The SMILES string of the molecule is CNC(Cc1ccccc1)(c1cc(F)cc(C(F)(F)F)c1)c1ccc(F)c(C(F)(F)F)c1. The molecule has 0 aliphatic heterocycles. The van der Waals surface area contributed by atoms with Gasteiger partial charge in [-0.25, -0.2) is 8.78 Å². The van der Waals surface area contributed by atoms with Gasteiger partial charge >= 0.3 is 12.4 Å². The fourth-order valence-corrected chi connectivity index (χ4v) is 3.66. The highest BCUT2D eigenvalue weighted by molar-refractivity contribution is 5.45. The summed E-state index contributed by atoms with van der Waals surface area (Å²) in [6.45, 7) is 0. The van der Waals surface area contributed by atoms with Crippen molar-refractivity contribution in [3.8, 4) is 0 Å². The molecule has 0 saturated carbocycles. The maximum Gasteiger partial charge on any atom is 0.419 e. The molecule has 3 aromatic carbocycles. The van der Waals surface area contributed by atoms with Crippen LogP contribution in [0, 0.1) is 11.6 Å². The molecule has 0 radical (unpaired) electrons. The predicted molar refractivity (Wildman–Crippen MR) is 103 cm³/mol. The molecule has 1 unspecified atom stereocenters. The number of hydrogen-bond acceptors (Lipinski definition) is 1. The Morgan fingerprint density at radius 3 is 1.88 bits per heavy atom. The molecule has 0 aliphatic carbocycles. The first-order valence-corrected chi connectivity index (χ1v) is 9.35. The van der Waals surface area contributed by atoms with Gasteiger partial charge in [0.25, 0.3) is 0 Å². The molecule has 0 saturated heterocycles. The van der Waals surface area contributed by atoms with Gasteiger partial charge in [0.15, 0.2) is 0 Å². The second-order valence-electron chi connectivity index (χ2n) is 7.24. The summed E-state index contributed by atoms with van der Waals surface area (Å²) in [5.41, 5.74) is -4.46. The van der Waals surface area contributed by atoms with E-state index in [9.17, 15) is 35.1 Å². The Balaban J connectivity index is 2.32. The zero-order chi connectivity index (χ0) is 23.7. The molecule has 0 fully saturated rings. The van der Waals surface area contributed by atoms with Gasteiger partial charge in [0.2, 0.25) is 0 Å². The van der Waals surface area contributed by atoms with Crippen LogP contribution < -0.4 is 5.32 Å². The maximum absolute atomic E-state index is 14.2. The second kappa shape index (κ2) is 8.54. The van der Waals surface area contributed by atoms with E-state index in [4.69, 9.17) is 0 Å². The van der Waals surface area contributed by atoms with Gasteiger partial charge in [-0.1, -0.05) is 36.4 Å². The summed E-state index contributed by atoms with van der Waals surface area (Å²) in [5.74, 6) is -2.73. The summed E-state index contributed by atoms with van der Waals surface area (Å²) in [4.78, 5) is 0. The van der Waals surface area contributed by atoms with Gasteiger partial charge in [0.1, 0.15) is 11.6 Å². The second-order valence-corrected chi connectivity index (χ2v) is 7.24. The highest BCUT2D eigenvalue weighted by atomic mass is 19.4. The summed E-state index contributed by atoms with van der Waals surface area (Å²) in [7, 11) is 1.33. The minimum Gasteiger partial charge on any atom is -0.307 e. The molecule has 0 heterocycles. The summed E-state index contributed by atoms with van der Waals surface area (Å²) >= 11 is 0. The number of likely N-dealkylation sites (N-methyl/N-ethyl adjacent to an activating group) is 1. The average Bonchev–Trinajstić information content (AvgIpc) is 2.71. The van der Waals surface area contributed by atoms with E-state index >= 15 is 0 Å². The van der Waals surface area contributed by atoms with Crippen LogP contribution in [0.25, 0.3) is 0 Å². The Kier molecular flexibility index (Phi) is 6.33. The number of alkyl halides is 6. The standard InChI is InChI=1S/C23H17F8N/c1-32-21(13-14-5-3-2-4-6-14,15-7-8-20(25)19(12-15)23(29,30)31)16-9-17(22(26,27)28)11-18(24)10-16/h2-12,32H,13H2,1H3. The van der Waals surface area contributed by atoms with Crippen molar-refractivity contribution in [1.82, 2.24) is 5.32 Å². The van der Waals surface area contributed by atoms with Crippen molar-refractivity contribution >= 4 is 0 Å². The van der Waals surface area contributed by atoms with E-state index in [0.29, 0.717) is 29.8 Å². The van der Waals surface area contributed by atoms with Gasteiger partial charge < -0.3 is 5.32 Å². The Bertz CT molecular complexity index is 1090. The van der Waals surface area contributed by atoms with Crippen molar-refractivity contribution < 1.29 is 35.1 Å². The maximum atomic E-state index is 14.2. The minimum atomic E-state index is -5.04. The van der Waals surface area contributed by atoms with Crippen molar-refractivity contribution in [2.45, 2.75) is 24.3 Å². The van der Waals surface area contributed by atoms with E-state index in [1.807, 2.05) is 0 Å². The first-order chi connectivity index (χ1) is 14.9. The van der Waals surface area contributed by atoms with E-state index < -0.39 is 40.7 Å². The fourth-order valence-electron chi connectivity index (χ4n) is 3.66. The molecule has 32 heavy (non-hydrogen) atoms. The molecule has 3 rings (SSSR count). The van der Waals surface area contributed by atoms with Gasteiger partial charge in [-0.15, -0.1) is 0 Å². The quantitative estimate of drug-likeness (QED) is 0.419. The minimum absolute atomic E-state index is 0.131. The van der Waals surface area contributed by atoms with E-state index in [1.165, 1.54) is 7.05 Å². The van der Waals surface area contributed by atoms with Gasteiger partial charge in [0.05, 0.1) is 16.7 Å². The van der Waals surface area contributed by atoms with Crippen molar-refractivity contribution in [3.63, 3.8) is 0 Å². The highest BCUT2D eigenvalue weighted by Gasteiger charge is 2.40. The molecule has 0 amide bonds. The Morgan fingerprint density at radius 1 is 0.688 bits per heavy atom. The van der Waals surface area contributed by atoms with Crippen molar-refractivity contribution in [3.05, 3.63) is 106 Å². The Morgan fingerprint density at radius 2 is 1.31 bits per heavy atom. The number of hydrogen-bond donors (Lipinski definition) is 1. The lowest BCUT2D eigenvalue weighted by molar-refractivity contribution is -0.140. The first-order valence-electron chi connectivity index (χ1n) is 9.35. The lowest BCUT2D eigenvalue weighted by Crippen LogP contribution is -2.44. The van der Waals surface area contributed by atoms with Crippen molar-refractivity contribution in [2.24, 2.45) is 0 Å². The summed E-state index contributed by atoms with van der Waals surface area (Å²) in [6.07, 6.45) is -10.1. The van der Waals surface area contributed by atoms with Gasteiger partial charge in [-0.3, -0.25) is 0 Å².